The first-order valence-electron chi connectivity index (χ1n) is 3.37. The summed E-state index contributed by atoms with van der Waals surface area (Å²) in [5.74, 6) is -1.32. The number of hydrogen-bond donors (Lipinski definition) is 5. The van der Waals surface area contributed by atoms with Crippen LogP contribution in [0.5, 0.6) is 17.2 Å². The van der Waals surface area contributed by atoms with Gasteiger partial charge in [0.1, 0.15) is 5.75 Å². The third-order valence-corrected chi connectivity index (χ3v) is 1.97. The molecule has 0 radical (unpaired) electrons. The van der Waals surface area contributed by atoms with Crippen molar-refractivity contribution >= 4 is 11.6 Å². The van der Waals surface area contributed by atoms with Crippen LogP contribution in [0.2, 0.25) is 5.02 Å². The summed E-state index contributed by atoms with van der Waals surface area (Å²) >= 11 is 5.58. The number of rotatable bonds is 2. The first kappa shape index (κ1) is 9.91. The summed E-state index contributed by atoms with van der Waals surface area (Å²) in [5.41, 5.74) is 1.78. The average molecular weight is 206 g/mol. The fraction of sp³-hybridized carbons (Fsp3) is 0.143. The molecule has 0 saturated carbocycles. The standard InChI is InChI=1S/C7H8ClNO4/c8-6-3(2-9-13)7(12)5(11)1-4(6)10/h1,9-13H,2H2. The highest BCUT2D eigenvalue weighted by atomic mass is 35.5. The number of nitrogens with one attached hydrogen (secondary N) is 1. The normalized spacial score (nSPS) is 10.3. The van der Waals surface area contributed by atoms with Crippen molar-refractivity contribution in [1.82, 2.24) is 5.48 Å². The number of phenols is 3. The predicted molar refractivity (Wildman–Crippen MR) is 45.1 cm³/mol. The fourth-order valence-electron chi connectivity index (χ4n) is 0.915. The van der Waals surface area contributed by atoms with Crippen LogP contribution in [0.25, 0.3) is 0 Å². The Labute approximate surface area is 78.8 Å². The Balaban J connectivity index is 3.28. The van der Waals surface area contributed by atoms with E-state index in [2.05, 4.69) is 0 Å². The summed E-state index contributed by atoms with van der Waals surface area (Å²) in [4.78, 5) is 0. The molecular formula is C7H8ClNO4. The van der Waals surface area contributed by atoms with Crippen molar-refractivity contribution < 1.29 is 20.5 Å². The summed E-state index contributed by atoms with van der Waals surface area (Å²) in [6, 6.07) is 0.915. The second kappa shape index (κ2) is 3.69. The van der Waals surface area contributed by atoms with E-state index < -0.39 is 11.5 Å². The lowest BCUT2D eigenvalue weighted by Crippen LogP contribution is -2.06. The van der Waals surface area contributed by atoms with Gasteiger partial charge >= 0.3 is 0 Å². The number of benzene rings is 1. The van der Waals surface area contributed by atoms with Crippen molar-refractivity contribution in [2.75, 3.05) is 0 Å². The van der Waals surface area contributed by atoms with Crippen molar-refractivity contribution in [3.05, 3.63) is 16.7 Å². The summed E-state index contributed by atoms with van der Waals surface area (Å²) in [6.45, 7) is -0.174. The van der Waals surface area contributed by atoms with Crippen LogP contribution in [-0.4, -0.2) is 20.5 Å². The monoisotopic (exact) mass is 205 g/mol. The number of halogens is 1. The molecule has 6 heteroatoms. The lowest BCUT2D eigenvalue weighted by molar-refractivity contribution is 0.160. The third kappa shape index (κ3) is 1.77. The Hall–Kier alpha value is -1.17. The first-order chi connectivity index (χ1) is 6.07. The second-order valence-electron chi connectivity index (χ2n) is 2.39. The molecule has 0 aliphatic heterocycles. The second-order valence-corrected chi connectivity index (χ2v) is 2.77. The number of phenolic OH excluding ortho intramolecular Hbond substituents is 3. The van der Waals surface area contributed by atoms with E-state index >= 15 is 0 Å². The van der Waals surface area contributed by atoms with Crippen LogP contribution in [0.1, 0.15) is 5.56 Å². The predicted octanol–water partition coefficient (Wildman–Crippen LogP) is 0.936. The molecule has 0 unspecified atom stereocenters. The molecule has 0 spiro atoms. The van der Waals surface area contributed by atoms with Gasteiger partial charge in [-0.1, -0.05) is 11.6 Å². The Morgan fingerprint density at radius 2 is 1.85 bits per heavy atom. The minimum atomic E-state index is -0.493. The third-order valence-electron chi connectivity index (χ3n) is 1.55. The molecule has 0 atom stereocenters. The Kier molecular flexibility index (Phi) is 2.82. The SMILES string of the molecule is ONCc1c(O)c(O)cc(O)c1Cl. The molecule has 0 bridgehead atoms. The highest BCUT2D eigenvalue weighted by Crippen LogP contribution is 2.40. The van der Waals surface area contributed by atoms with Crippen LogP contribution in [0.15, 0.2) is 6.07 Å². The maximum absolute atomic E-state index is 9.24. The van der Waals surface area contributed by atoms with E-state index in [0.29, 0.717) is 0 Å². The zero-order chi connectivity index (χ0) is 10.0. The number of hydrogen-bond acceptors (Lipinski definition) is 5. The van der Waals surface area contributed by atoms with Gasteiger partial charge in [0, 0.05) is 11.6 Å². The molecular weight excluding hydrogens is 198 g/mol. The van der Waals surface area contributed by atoms with Crippen LogP contribution in [-0.2, 0) is 6.54 Å². The van der Waals surface area contributed by atoms with Crippen molar-refractivity contribution in [2.24, 2.45) is 0 Å². The average Bonchev–Trinajstić information content (AvgIpc) is 2.09. The minimum Gasteiger partial charge on any atom is -0.506 e. The quantitative estimate of drug-likeness (QED) is 0.282. The molecule has 1 aromatic rings. The first-order valence-corrected chi connectivity index (χ1v) is 3.75. The van der Waals surface area contributed by atoms with Crippen LogP contribution < -0.4 is 5.48 Å². The molecule has 13 heavy (non-hydrogen) atoms. The van der Waals surface area contributed by atoms with Crippen molar-refractivity contribution in [2.45, 2.75) is 6.54 Å². The summed E-state index contributed by atoms with van der Waals surface area (Å²) < 4.78 is 0. The van der Waals surface area contributed by atoms with Gasteiger partial charge in [-0.25, -0.2) is 5.48 Å². The molecule has 5 nitrogen and oxygen atoms in total. The van der Waals surface area contributed by atoms with E-state index in [1.54, 1.807) is 5.48 Å². The Morgan fingerprint density at radius 1 is 1.23 bits per heavy atom. The topological polar surface area (TPSA) is 93.0 Å². The smallest absolute Gasteiger partial charge is 0.163 e. The molecule has 0 aliphatic rings. The Morgan fingerprint density at radius 3 is 2.38 bits per heavy atom. The van der Waals surface area contributed by atoms with E-state index in [-0.39, 0.29) is 22.9 Å². The van der Waals surface area contributed by atoms with Crippen LogP contribution in [0.3, 0.4) is 0 Å². The van der Waals surface area contributed by atoms with E-state index in [1.165, 1.54) is 0 Å². The van der Waals surface area contributed by atoms with Crippen molar-refractivity contribution in [3.8, 4) is 17.2 Å². The maximum Gasteiger partial charge on any atom is 0.163 e. The summed E-state index contributed by atoms with van der Waals surface area (Å²) in [6.07, 6.45) is 0. The zero-order valence-corrected chi connectivity index (χ0v) is 7.21. The van der Waals surface area contributed by atoms with Gasteiger partial charge in [0.15, 0.2) is 11.5 Å². The largest absolute Gasteiger partial charge is 0.506 e. The van der Waals surface area contributed by atoms with E-state index in [4.69, 9.17) is 27.0 Å². The Bertz CT molecular complexity index is 303. The summed E-state index contributed by atoms with van der Waals surface area (Å²) in [5, 5.41) is 35.7. The van der Waals surface area contributed by atoms with E-state index in [9.17, 15) is 5.11 Å². The van der Waals surface area contributed by atoms with Crippen molar-refractivity contribution in [1.29, 1.82) is 0 Å². The fourth-order valence-corrected chi connectivity index (χ4v) is 1.13. The molecule has 0 aromatic heterocycles. The molecule has 5 N–H and O–H groups in total. The molecule has 72 valence electrons. The molecule has 0 fully saturated rings. The zero-order valence-electron chi connectivity index (χ0n) is 6.45. The van der Waals surface area contributed by atoms with Crippen LogP contribution in [0.4, 0.5) is 0 Å². The van der Waals surface area contributed by atoms with Gasteiger partial charge in [0.05, 0.1) is 11.6 Å². The van der Waals surface area contributed by atoms with Crippen LogP contribution in [0, 0.1) is 0 Å². The van der Waals surface area contributed by atoms with E-state index in [1.807, 2.05) is 0 Å². The van der Waals surface area contributed by atoms with Gasteiger partial charge in [0.25, 0.3) is 0 Å². The van der Waals surface area contributed by atoms with Crippen molar-refractivity contribution in [3.63, 3.8) is 0 Å². The molecule has 1 aromatic carbocycles. The van der Waals surface area contributed by atoms with Gasteiger partial charge in [-0.2, -0.15) is 0 Å². The molecule has 0 aliphatic carbocycles. The maximum atomic E-state index is 9.24. The highest BCUT2D eigenvalue weighted by molar-refractivity contribution is 6.33. The van der Waals surface area contributed by atoms with Gasteiger partial charge in [-0.15, -0.1) is 0 Å². The number of hydroxylamine groups is 1. The molecule has 0 saturated heterocycles. The van der Waals surface area contributed by atoms with E-state index in [0.717, 1.165) is 6.07 Å². The lowest BCUT2D eigenvalue weighted by atomic mass is 10.1. The molecule has 0 heterocycles. The molecule has 0 amide bonds. The highest BCUT2D eigenvalue weighted by Gasteiger charge is 2.14. The minimum absolute atomic E-state index is 0.0293. The van der Waals surface area contributed by atoms with Gasteiger partial charge < -0.3 is 20.5 Å². The summed E-state index contributed by atoms with van der Waals surface area (Å²) in [7, 11) is 0. The lowest BCUT2D eigenvalue weighted by Gasteiger charge is -2.08. The van der Waals surface area contributed by atoms with Gasteiger partial charge in [-0.05, 0) is 0 Å². The van der Waals surface area contributed by atoms with Gasteiger partial charge in [0.2, 0.25) is 0 Å². The molecule has 1 rings (SSSR count). The van der Waals surface area contributed by atoms with Crippen LogP contribution >= 0.6 is 11.6 Å². The number of aromatic hydroxyl groups is 3. The van der Waals surface area contributed by atoms with Gasteiger partial charge in [-0.3, -0.25) is 0 Å².